The van der Waals surface area contributed by atoms with E-state index in [0.717, 1.165) is 11.8 Å². The first-order chi connectivity index (χ1) is 24.9. The molecule has 2 aliphatic rings. The van der Waals surface area contributed by atoms with Crippen LogP contribution in [0.2, 0.25) is 0 Å². The van der Waals surface area contributed by atoms with Gasteiger partial charge in [0.15, 0.2) is 0 Å². The Labute approximate surface area is 304 Å². The zero-order chi connectivity index (χ0) is 40.2. The van der Waals surface area contributed by atoms with Gasteiger partial charge < -0.3 is 72.8 Å². The molecule has 0 unspecified atom stereocenters. The number of carboxylic acid groups (broad SMARTS) is 1. The Kier molecular flexibility index (Phi) is 17.4. The number of nitrogens with two attached hydrogens (primary N) is 1. The molecule has 0 aliphatic carbocycles. The lowest BCUT2D eigenvalue weighted by molar-refractivity contribution is -0.151. The first-order valence-corrected chi connectivity index (χ1v) is 17.2. The van der Waals surface area contributed by atoms with Gasteiger partial charge in [-0.05, 0) is 38.5 Å². The van der Waals surface area contributed by atoms with Crippen molar-refractivity contribution < 1.29 is 69.0 Å². The van der Waals surface area contributed by atoms with Gasteiger partial charge in [0.05, 0.1) is 32.5 Å². The Hall–Kier alpha value is -4.48. The summed E-state index contributed by atoms with van der Waals surface area (Å²) >= 11 is 0. The van der Waals surface area contributed by atoms with Gasteiger partial charge in [0, 0.05) is 13.1 Å². The molecule has 0 aromatic carbocycles. The van der Waals surface area contributed by atoms with Crippen molar-refractivity contribution in [1.82, 2.24) is 36.4 Å². The van der Waals surface area contributed by atoms with Crippen molar-refractivity contribution >= 4 is 47.3 Å². The van der Waals surface area contributed by atoms with Crippen molar-refractivity contribution in [2.45, 2.75) is 101 Å². The summed E-state index contributed by atoms with van der Waals surface area (Å²) in [4.78, 5) is 105. The molecule has 2 aliphatic heterocycles. The van der Waals surface area contributed by atoms with E-state index in [1.807, 2.05) is 0 Å². The first-order valence-electron chi connectivity index (χ1n) is 17.2. The van der Waals surface area contributed by atoms with Crippen LogP contribution >= 0.6 is 0 Å². The Morgan fingerprint density at radius 1 is 0.623 bits per heavy atom. The minimum atomic E-state index is -1.80. The van der Waals surface area contributed by atoms with Crippen LogP contribution in [0.25, 0.3) is 0 Å². The lowest BCUT2D eigenvalue weighted by Crippen LogP contribution is -2.62. The number of nitrogens with one attached hydrogen (secondary N) is 5. The first kappa shape index (κ1) is 44.7. The van der Waals surface area contributed by atoms with Gasteiger partial charge in [0.2, 0.25) is 41.4 Å². The third-order valence-corrected chi connectivity index (χ3v) is 8.92. The maximum absolute atomic E-state index is 13.4. The summed E-state index contributed by atoms with van der Waals surface area (Å²) in [6.07, 6.45) is -0.442. The van der Waals surface area contributed by atoms with Crippen molar-refractivity contribution in [1.29, 1.82) is 0 Å². The third-order valence-electron chi connectivity index (χ3n) is 8.92. The average molecular weight is 761 g/mol. The number of aliphatic hydroxyl groups is 5. The molecule has 2 fully saturated rings. The van der Waals surface area contributed by atoms with Crippen LogP contribution in [0.3, 0.4) is 0 Å². The van der Waals surface area contributed by atoms with Crippen molar-refractivity contribution in [2.24, 2.45) is 11.7 Å². The molecule has 53 heavy (non-hydrogen) atoms. The summed E-state index contributed by atoms with van der Waals surface area (Å²) < 4.78 is 0. The number of hydrogen-bond donors (Lipinski definition) is 12. The van der Waals surface area contributed by atoms with Crippen LogP contribution in [-0.4, -0.2) is 182 Å². The van der Waals surface area contributed by atoms with Crippen LogP contribution < -0.4 is 32.3 Å². The molecule has 22 heteroatoms. The van der Waals surface area contributed by atoms with Gasteiger partial charge in [-0.25, -0.2) is 4.79 Å². The highest BCUT2D eigenvalue weighted by Gasteiger charge is 2.42. The van der Waals surface area contributed by atoms with Crippen molar-refractivity contribution in [3.8, 4) is 0 Å². The predicted molar refractivity (Wildman–Crippen MR) is 180 cm³/mol. The largest absolute Gasteiger partial charge is 0.480 e. The maximum atomic E-state index is 13.4. The monoisotopic (exact) mass is 760 g/mol. The number of carbonyl (C=O) groups excluding carboxylic acids is 7. The van der Waals surface area contributed by atoms with Crippen molar-refractivity contribution in [2.75, 3.05) is 39.5 Å². The van der Waals surface area contributed by atoms with Gasteiger partial charge in [-0.15, -0.1) is 0 Å². The molecule has 0 saturated carbocycles. The molecule has 300 valence electrons. The standard InChI is InChI=1S/C31H52N8O14/c1-14(2)22(36-24(45)16(32)10-40)29(50)38-8-4-6-20(38)28(49)35-18(12-42)26(47)33-17(11-41)25(46)34-19(13-43)27(48)37-23(15(3)44)30(51)39-9-5-7-21(39)31(52)53/h14-23,40-44H,4-13,32H2,1-3H3,(H,33,47)(H,34,46)(H,35,49)(H,36,45)(H,37,48)(H,52,53)/t15-,16+,17+,18+,19+,20+,21+,22+,23+/m1/s1. The highest BCUT2D eigenvalue weighted by Crippen LogP contribution is 2.21. The third kappa shape index (κ3) is 11.8. The summed E-state index contributed by atoms with van der Waals surface area (Å²) in [5, 5.41) is 69.5. The lowest BCUT2D eigenvalue weighted by atomic mass is 10.0. The Morgan fingerprint density at radius 2 is 1.04 bits per heavy atom. The maximum Gasteiger partial charge on any atom is 0.326 e. The smallest absolute Gasteiger partial charge is 0.326 e. The number of aliphatic carboxylic acids is 1. The van der Waals surface area contributed by atoms with E-state index < -0.39 is 134 Å². The normalized spacial score (nSPS) is 21.0. The second kappa shape index (κ2) is 20.7. The van der Waals surface area contributed by atoms with Gasteiger partial charge >= 0.3 is 5.97 Å². The van der Waals surface area contributed by atoms with E-state index in [9.17, 15) is 69.0 Å². The van der Waals surface area contributed by atoms with E-state index in [0.29, 0.717) is 12.8 Å². The number of carbonyl (C=O) groups is 8. The Balaban J connectivity index is 2.07. The number of hydrogen-bond acceptors (Lipinski definition) is 14. The highest BCUT2D eigenvalue weighted by atomic mass is 16.4. The number of likely N-dealkylation sites (tertiary alicyclic amines) is 2. The minimum Gasteiger partial charge on any atom is -0.480 e. The minimum absolute atomic E-state index is 0.0548. The van der Waals surface area contributed by atoms with Gasteiger partial charge in [0.1, 0.15) is 48.3 Å². The van der Waals surface area contributed by atoms with Crippen LogP contribution in [-0.2, 0) is 38.4 Å². The van der Waals surface area contributed by atoms with E-state index >= 15 is 0 Å². The molecular weight excluding hydrogens is 708 g/mol. The van der Waals surface area contributed by atoms with Crippen LogP contribution in [0.4, 0.5) is 0 Å². The molecule has 0 bridgehead atoms. The molecule has 2 saturated heterocycles. The number of amides is 7. The zero-order valence-corrected chi connectivity index (χ0v) is 29.8. The van der Waals surface area contributed by atoms with Crippen molar-refractivity contribution in [3.05, 3.63) is 0 Å². The SMILES string of the molecule is CC(C)[C@H](NC(=O)[C@@H](N)CO)C(=O)N1CCC[C@H]1C(=O)N[C@@H](CO)C(=O)N[C@@H](CO)C(=O)N[C@@H](CO)C(=O)N[C@H](C(=O)N1CCC[C@H]1C(=O)O)[C@@H](C)O. The number of carboxylic acids is 1. The van der Waals surface area contributed by atoms with Gasteiger partial charge in [-0.2, -0.15) is 0 Å². The fourth-order valence-electron chi connectivity index (χ4n) is 5.84. The van der Waals surface area contributed by atoms with Gasteiger partial charge in [-0.1, -0.05) is 13.8 Å². The molecule has 22 nitrogen and oxygen atoms in total. The fourth-order valence-corrected chi connectivity index (χ4v) is 5.84. The summed E-state index contributed by atoms with van der Waals surface area (Å²) in [5.41, 5.74) is 5.55. The highest BCUT2D eigenvalue weighted by molar-refractivity contribution is 5.98. The van der Waals surface area contributed by atoms with Crippen molar-refractivity contribution in [3.63, 3.8) is 0 Å². The molecule has 9 atom stereocenters. The fraction of sp³-hybridized carbons (Fsp3) is 0.742. The van der Waals surface area contributed by atoms with E-state index in [1.54, 1.807) is 13.8 Å². The van der Waals surface area contributed by atoms with Gasteiger partial charge in [-0.3, -0.25) is 33.6 Å². The number of rotatable bonds is 19. The van der Waals surface area contributed by atoms with Crippen LogP contribution in [0, 0.1) is 5.92 Å². The zero-order valence-electron chi connectivity index (χ0n) is 29.8. The van der Waals surface area contributed by atoms with E-state index in [-0.39, 0.29) is 25.9 Å². The summed E-state index contributed by atoms with van der Waals surface area (Å²) in [6.45, 7) is 0.876. The molecule has 2 heterocycles. The quantitative estimate of drug-likeness (QED) is 0.0582. The predicted octanol–water partition coefficient (Wildman–Crippen LogP) is -7.19. The molecule has 7 amide bonds. The average Bonchev–Trinajstić information content (AvgIpc) is 3.82. The van der Waals surface area contributed by atoms with E-state index in [1.165, 1.54) is 4.90 Å². The van der Waals surface area contributed by atoms with E-state index in [4.69, 9.17) is 5.73 Å². The molecule has 0 radical (unpaired) electrons. The Morgan fingerprint density at radius 3 is 1.47 bits per heavy atom. The van der Waals surface area contributed by atoms with Gasteiger partial charge in [0.25, 0.3) is 0 Å². The second-order valence-corrected chi connectivity index (χ2v) is 13.2. The molecular formula is C31H52N8O14. The summed E-state index contributed by atoms with van der Waals surface area (Å²) in [7, 11) is 0. The second-order valence-electron chi connectivity index (χ2n) is 13.2. The molecule has 2 rings (SSSR count). The molecule has 0 spiro atoms. The lowest BCUT2D eigenvalue weighted by Gasteiger charge is -2.31. The molecule has 0 aromatic heterocycles. The summed E-state index contributed by atoms with van der Waals surface area (Å²) in [6, 6.07) is -11.6. The molecule has 13 N–H and O–H groups in total. The molecule has 0 aromatic rings. The number of aliphatic hydroxyl groups excluding tert-OH is 5. The Bertz CT molecular complexity index is 1350. The summed E-state index contributed by atoms with van der Waals surface area (Å²) in [5.74, 6) is -8.40. The van der Waals surface area contributed by atoms with Crippen LogP contribution in [0.15, 0.2) is 0 Å². The van der Waals surface area contributed by atoms with E-state index in [2.05, 4.69) is 26.6 Å². The number of nitrogens with zero attached hydrogens (tertiary/aromatic N) is 2. The van der Waals surface area contributed by atoms with Crippen LogP contribution in [0.5, 0.6) is 0 Å². The topological polar surface area (TPSA) is 351 Å². The van der Waals surface area contributed by atoms with Crippen LogP contribution in [0.1, 0.15) is 46.5 Å².